The predicted octanol–water partition coefficient (Wildman–Crippen LogP) is 4.17. The average Bonchev–Trinajstić information content (AvgIpc) is 2.60. The van der Waals surface area contributed by atoms with Crippen molar-refractivity contribution in [3.05, 3.63) is 40.1 Å². The van der Waals surface area contributed by atoms with Gasteiger partial charge in [0.15, 0.2) is 0 Å². The maximum atomic E-state index is 12.8. The highest BCUT2D eigenvalue weighted by atomic mass is 79.9. The van der Waals surface area contributed by atoms with Crippen molar-refractivity contribution in [2.24, 2.45) is 0 Å². The molecule has 0 fully saturated rings. The molecule has 90 valence electrons. The zero-order valence-corrected chi connectivity index (χ0v) is 10.4. The normalized spacial score (nSPS) is 11.8. The molecule has 2 nitrogen and oxygen atoms in total. The van der Waals surface area contributed by atoms with Crippen LogP contribution in [0.15, 0.2) is 28.9 Å². The van der Waals surface area contributed by atoms with E-state index in [1.54, 1.807) is 31.2 Å². The molecule has 0 radical (unpaired) electrons. The minimum absolute atomic E-state index is 0.0515. The van der Waals surface area contributed by atoms with E-state index in [0.29, 0.717) is 5.56 Å². The molecule has 0 amide bonds. The highest BCUT2D eigenvalue weighted by molar-refractivity contribution is 9.10. The van der Waals surface area contributed by atoms with E-state index in [1.165, 1.54) is 0 Å². The number of aromatic amines is 1. The number of aromatic nitrogens is 2. The molecule has 2 aromatic rings. The molecule has 0 aliphatic rings. The van der Waals surface area contributed by atoms with Gasteiger partial charge in [0.2, 0.25) is 0 Å². The second kappa shape index (κ2) is 4.18. The Bertz CT molecular complexity index is 546. The smallest absolute Gasteiger partial charge is 0.272 e. The number of hydrogen-bond donors (Lipinski definition) is 1. The van der Waals surface area contributed by atoms with Crippen molar-refractivity contribution in [1.82, 2.24) is 10.2 Å². The first-order chi connectivity index (χ1) is 7.91. The molecule has 1 heterocycles. The molecular formula is C11H8BrF3N2. The lowest BCUT2D eigenvalue weighted by Gasteiger charge is -2.09. The van der Waals surface area contributed by atoms with Gasteiger partial charge in [0.1, 0.15) is 10.3 Å². The molecule has 1 aromatic carbocycles. The maximum absolute atomic E-state index is 12.8. The van der Waals surface area contributed by atoms with Gasteiger partial charge in [-0.3, -0.25) is 5.10 Å². The Hall–Kier alpha value is -1.30. The van der Waals surface area contributed by atoms with Gasteiger partial charge in [0.05, 0.1) is 0 Å². The van der Waals surface area contributed by atoms with Crippen LogP contribution in [0.1, 0.15) is 11.3 Å². The number of nitrogens with one attached hydrogen (secondary N) is 1. The number of rotatable bonds is 1. The summed E-state index contributed by atoms with van der Waals surface area (Å²) in [5, 5.41) is 5.59. The molecule has 1 aromatic heterocycles. The number of halogens is 4. The molecular weight excluding hydrogens is 297 g/mol. The van der Waals surface area contributed by atoms with Crippen molar-refractivity contribution in [2.75, 3.05) is 0 Å². The van der Waals surface area contributed by atoms with Crippen LogP contribution in [-0.2, 0) is 6.18 Å². The number of H-pyrrole nitrogens is 1. The van der Waals surface area contributed by atoms with Gasteiger partial charge in [-0.25, -0.2) is 0 Å². The summed E-state index contributed by atoms with van der Waals surface area (Å²) in [6, 6.07) is 6.87. The van der Waals surface area contributed by atoms with Crippen LogP contribution in [0.5, 0.6) is 0 Å². The Balaban J connectivity index is 2.68. The molecule has 0 bridgehead atoms. The molecule has 1 N–H and O–H groups in total. The Kier molecular flexibility index (Phi) is 2.99. The summed E-state index contributed by atoms with van der Waals surface area (Å²) in [7, 11) is 0. The van der Waals surface area contributed by atoms with Gasteiger partial charge in [-0.2, -0.15) is 18.3 Å². The van der Waals surface area contributed by atoms with Gasteiger partial charge >= 0.3 is 6.18 Å². The standard InChI is InChI=1S/C11H8BrF3N2/c1-6-4-2-3-5-7(6)8-9(11(13,14)15)16-17-10(8)12/h2-5H,1H3,(H,16,17). The Morgan fingerprint density at radius 1 is 1.24 bits per heavy atom. The number of nitrogens with zero attached hydrogens (tertiary/aromatic N) is 1. The van der Waals surface area contributed by atoms with E-state index in [1.807, 2.05) is 5.10 Å². The quantitative estimate of drug-likeness (QED) is 0.842. The van der Waals surface area contributed by atoms with E-state index in [9.17, 15) is 13.2 Å². The first kappa shape index (κ1) is 12.2. The molecule has 0 saturated heterocycles. The highest BCUT2D eigenvalue weighted by Gasteiger charge is 2.37. The lowest BCUT2D eigenvalue weighted by Crippen LogP contribution is -2.07. The van der Waals surface area contributed by atoms with Crippen LogP contribution in [-0.4, -0.2) is 10.2 Å². The molecule has 0 atom stereocenters. The van der Waals surface area contributed by atoms with E-state index in [0.717, 1.165) is 5.56 Å². The minimum Gasteiger partial charge on any atom is -0.272 e. The SMILES string of the molecule is Cc1ccccc1-c1c(Br)n[nH]c1C(F)(F)F. The van der Waals surface area contributed by atoms with Gasteiger partial charge < -0.3 is 0 Å². The van der Waals surface area contributed by atoms with Gasteiger partial charge in [-0.15, -0.1) is 0 Å². The van der Waals surface area contributed by atoms with Crippen LogP contribution in [0.4, 0.5) is 13.2 Å². The summed E-state index contributed by atoms with van der Waals surface area (Å²) < 4.78 is 38.5. The van der Waals surface area contributed by atoms with Crippen LogP contribution >= 0.6 is 15.9 Å². The van der Waals surface area contributed by atoms with Crippen LogP contribution in [0.2, 0.25) is 0 Å². The third-order valence-corrected chi connectivity index (χ3v) is 2.99. The molecule has 0 unspecified atom stereocenters. The van der Waals surface area contributed by atoms with Crippen molar-refractivity contribution in [3.63, 3.8) is 0 Å². The fraction of sp³-hybridized carbons (Fsp3) is 0.182. The summed E-state index contributed by atoms with van der Waals surface area (Å²) in [6.07, 6.45) is -4.45. The second-order valence-electron chi connectivity index (χ2n) is 3.58. The minimum atomic E-state index is -4.45. The molecule has 0 saturated carbocycles. The third-order valence-electron chi connectivity index (χ3n) is 2.42. The van der Waals surface area contributed by atoms with Gasteiger partial charge in [0, 0.05) is 5.56 Å². The van der Waals surface area contributed by atoms with E-state index < -0.39 is 11.9 Å². The number of hydrogen-bond acceptors (Lipinski definition) is 1. The summed E-state index contributed by atoms with van der Waals surface area (Å²) in [5.41, 5.74) is 0.495. The van der Waals surface area contributed by atoms with Crippen LogP contribution in [0.3, 0.4) is 0 Å². The monoisotopic (exact) mass is 304 g/mol. The molecule has 6 heteroatoms. The first-order valence-corrected chi connectivity index (χ1v) is 5.57. The maximum Gasteiger partial charge on any atom is 0.433 e. The van der Waals surface area contributed by atoms with Crippen molar-refractivity contribution >= 4 is 15.9 Å². The summed E-state index contributed by atoms with van der Waals surface area (Å²) in [4.78, 5) is 0. The third kappa shape index (κ3) is 2.22. The molecule has 0 aliphatic carbocycles. The molecule has 2 rings (SSSR count). The van der Waals surface area contributed by atoms with Crippen molar-refractivity contribution in [3.8, 4) is 11.1 Å². The zero-order chi connectivity index (χ0) is 12.6. The first-order valence-electron chi connectivity index (χ1n) is 4.78. The summed E-state index contributed by atoms with van der Waals surface area (Å²) in [5.74, 6) is 0. The van der Waals surface area contributed by atoms with E-state index >= 15 is 0 Å². The fourth-order valence-corrected chi connectivity index (χ4v) is 2.12. The van der Waals surface area contributed by atoms with E-state index in [4.69, 9.17) is 0 Å². The zero-order valence-electron chi connectivity index (χ0n) is 8.77. The average molecular weight is 305 g/mol. The van der Waals surface area contributed by atoms with E-state index in [-0.39, 0.29) is 10.2 Å². The fourth-order valence-electron chi connectivity index (χ4n) is 1.62. The Morgan fingerprint density at radius 3 is 2.47 bits per heavy atom. The highest BCUT2D eigenvalue weighted by Crippen LogP contribution is 2.40. The van der Waals surface area contributed by atoms with Crippen LogP contribution < -0.4 is 0 Å². The van der Waals surface area contributed by atoms with Crippen LogP contribution in [0.25, 0.3) is 11.1 Å². The topological polar surface area (TPSA) is 28.7 Å². The lowest BCUT2D eigenvalue weighted by atomic mass is 10.0. The van der Waals surface area contributed by atoms with Crippen molar-refractivity contribution in [1.29, 1.82) is 0 Å². The number of alkyl halides is 3. The van der Waals surface area contributed by atoms with Gasteiger partial charge in [0.25, 0.3) is 0 Å². The lowest BCUT2D eigenvalue weighted by molar-refractivity contribution is -0.140. The Morgan fingerprint density at radius 2 is 1.88 bits per heavy atom. The molecule has 0 spiro atoms. The summed E-state index contributed by atoms with van der Waals surface area (Å²) in [6.45, 7) is 1.76. The largest absolute Gasteiger partial charge is 0.433 e. The van der Waals surface area contributed by atoms with E-state index in [2.05, 4.69) is 21.0 Å². The van der Waals surface area contributed by atoms with Gasteiger partial charge in [-0.1, -0.05) is 24.3 Å². The molecule has 17 heavy (non-hydrogen) atoms. The van der Waals surface area contributed by atoms with Crippen LogP contribution in [0, 0.1) is 6.92 Å². The second-order valence-corrected chi connectivity index (χ2v) is 4.33. The predicted molar refractivity (Wildman–Crippen MR) is 61.5 cm³/mol. The van der Waals surface area contributed by atoms with Crippen molar-refractivity contribution in [2.45, 2.75) is 13.1 Å². The number of aryl methyl sites for hydroxylation is 1. The molecule has 0 aliphatic heterocycles. The summed E-state index contributed by atoms with van der Waals surface area (Å²) >= 11 is 3.04. The van der Waals surface area contributed by atoms with Gasteiger partial charge in [-0.05, 0) is 34.0 Å². The number of benzene rings is 1. The Labute approximate surface area is 104 Å². The van der Waals surface area contributed by atoms with Crippen molar-refractivity contribution < 1.29 is 13.2 Å².